The van der Waals surface area contributed by atoms with Gasteiger partial charge in [-0.15, -0.1) is 0 Å². The van der Waals surface area contributed by atoms with Gasteiger partial charge in [-0.1, -0.05) is 32.9 Å². The number of amides is 1. The molecule has 1 saturated heterocycles. The topological polar surface area (TPSA) is 23.6 Å². The first-order valence-electron chi connectivity index (χ1n) is 8.77. The van der Waals surface area contributed by atoms with E-state index in [1.807, 2.05) is 4.90 Å². The monoisotopic (exact) mass is 316 g/mol. The van der Waals surface area contributed by atoms with Crippen LogP contribution in [0.1, 0.15) is 56.4 Å². The lowest BCUT2D eigenvalue weighted by Gasteiger charge is -2.26. The Labute approximate surface area is 141 Å². The first-order chi connectivity index (χ1) is 10.7. The van der Waals surface area contributed by atoms with Gasteiger partial charge in [0.15, 0.2) is 0 Å². The van der Waals surface area contributed by atoms with E-state index >= 15 is 0 Å². The summed E-state index contributed by atoms with van der Waals surface area (Å²) in [7, 11) is 0. The molecule has 3 nitrogen and oxygen atoms in total. The molecule has 0 atom stereocenters. The summed E-state index contributed by atoms with van der Waals surface area (Å²) < 4.78 is 0. The maximum absolute atomic E-state index is 11.6. The van der Waals surface area contributed by atoms with Crippen molar-refractivity contribution >= 4 is 5.91 Å². The van der Waals surface area contributed by atoms with Crippen molar-refractivity contribution in [1.29, 1.82) is 0 Å². The summed E-state index contributed by atoms with van der Waals surface area (Å²) in [4.78, 5) is 16.0. The van der Waals surface area contributed by atoms with Crippen LogP contribution in [0.3, 0.4) is 0 Å². The van der Waals surface area contributed by atoms with Crippen LogP contribution in [0.4, 0.5) is 0 Å². The second-order valence-corrected chi connectivity index (χ2v) is 7.97. The van der Waals surface area contributed by atoms with Gasteiger partial charge in [-0.2, -0.15) is 0 Å². The van der Waals surface area contributed by atoms with Crippen LogP contribution >= 0.6 is 0 Å². The Hall–Kier alpha value is -1.35. The molecule has 1 amide bonds. The Kier molecular flexibility index (Phi) is 5.51. The van der Waals surface area contributed by atoms with Gasteiger partial charge >= 0.3 is 0 Å². The lowest BCUT2D eigenvalue weighted by atomic mass is 9.83. The fourth-order valence-electron chi connectivity index (χ4n) is 3.34. The first-order valence-corrected chi connectivity index (χ1v) is 8.77. The van der Waals surface area contributed by atoms with E-state index in [9.17, 15) is 4.79 Å². The zero-order valence-corrected chi connectivity index (χ0v) is 15.7. The SMILES string of the molecule is CC(=O)N1CCCN(Cc2c(C)cc(C(C)(C)C)cc2C)CC1. The molecule has 0 aromatic heterocycles. The average molecular weight is 316 g/mol. The molecular weight excluding hydrogens is 284 g/mol. The van der Waals surface area contributed by atoms with Crippen molar-refractivity contribution in [2.45, 2.75) is 59.9 Å². The Morgan fingerprint density at radius 2 is 1.65 bits per heavy atom. The summed E-state index contributed by atoms with van der Waals surface area (Å²) in [5.41, 5.74) is 5.84. The van der Waals surface area contributed by atoms with Gasteiger partial charge in [0.2, 0.25) is 5.91 Å². The highest BCUT2D eigenvalue weighted by Gasteiger charge is 2.20. The van der Waals surface area contributed by atoms with Crippen molar-refractivity contribution in [3.63, 3.8) is 0 Å². The maximum Gasteiger partial charge on any atom is 0.219 e. The van der Waals surface area contributed by atoms with E-state index in [0.29, 0.717) is 0 Å². The lowest BCUT2D eigenvalue weighted by Crippen LogP contribution is -2.33. The number of aryl methyl sites for hydroxylation is 2. The van der Waals surface area contributed by atoms with E-state index < -0.39 is 0 Å². The van der Waals surface area contributed by atoms with Crippen molar-refractivity contribution in [3.8, 4) is 0 Å². The van der Waals surface area contributed by atoms with Gasteiger partial charge in [-0.05, 0) is 47.9 Å². The fraction of sp³-hybridized carbons (Fsp3) is 0.650. The smallest absolute Gasteiger partial charge is 0.219 e. The summed E-state index contributed by atoms with van der Waals surface area (Å²) in [6.45, 7) is 17.7. The highest BCUT2D eigenvalue weighted by molar-refractivity contribution is 5.73. The quantitative estimate of drug-likeness (QED) is 0.831. The standard InChI is InChI=1S/C20H32N2O/c1-15-12-18(20(4,5)6)13-16(2)19(15)14-21-8-7-9-22(11-10-21)17(3)23/h12-13H,7-11,14H2,1-6H3. The molecule has 1 aromatic rings. The van der Waals surface area contributed by atoms with Gasteiger partial charge in [-0.25, -0.2) is 0 Å². The fourth-order valence-corrected chi connectivity index (χ4v) is 3.34. The minimum Gasteiger partial charge on any atom is -0.342 e. The number of carbonyl (C=O) groups is 1. The second-order valence-electron chi connectivity index (χ2n) is 7.97. The largest absolute Gasteiger partial charge is 0.342 e. The summed E-state index contributed by atoms with van der Waals surface area (Å²) in [6.07, 6.45) is 1.07. The Balaban J connectivity index is 2.13. The summed E-state index contributed by atoms with van der Waals surface area (Å²) >= 11 is 0. The Morgan fingerprint density at radius 3 is 2.17 bits per heavy atom. The molecule has 23 heavy (non-hydrogen) atoms. The summed E-state index contributed by atoms with van der Waals surface area (Å²) in [5, 5.41) is 0. The molecule has 0 saturated carbocycles. The molecule has 1 aromatic carbocycles. The highest BCUT2D eigenvalue weighted by Crippen LogP contribution is 2.27. The summed E-state index contributed by atoms with van der Waals surface area (Å²) in [5.74, 6) is 0.203. The van der Waals surface area contributed by atoms with Crippen molar-refractivity contribution in [3.05, 3.63) is 34.4 Å². The van der Waals surface area contributed by atoms with Crippen molar-refractivity contribution in [2.24, 2.45) is 0 Å². The first kappa shape index (κ1) is 18.0. The minimum atomic E-state index is 0.193. The zero-order chi connectivity index (χ0) is 17.2. The van der Waals surface area contributed by atoms with Crippen LogP contribution in [-0.4, -0.2) is 41.9 Å². The minimum absolute atomic E-state index is 0.193. The van der Waals surface area contributed by atoms with E-state index in [1.165, 1.54) is 22.3 Å². The molecule has 1 aliphatic rings. The van der Waals surface area contributed by atoms with Crippen LogP contribution in [0.5, 0.6) is 0 Å². The van der Waals surface area contributed by atoms with E-state index in [1.54, 1.807) is 6.92 Å². The molecule has 2 rings (SSSR count). The molecule has 0 bridgehead atoms. The number of nitrogens with zero attached hydrogens (tertiary/aromatic N) is 2. The van der Waals surface area contributed by atoms with Crippen LogP contribution in [0.2, 0.25) is 0 Å². The van der Waals surface area contributed by atoms with Gasteiger partial charge in [0.05, 0.1) is 0 Å². The van der Waals surface area contributed by atoms with Gasteiger partial charge in [0.25, 0.3) is 0 Å². The number of hydrogen-bond acceptors (Lipinski definition) is 2. The number of benzene rings is 1. The molecule has 0 unspecified atom stereocenters. The van der Waals surface area contributed by atoms with Gasteiger partial charge in [-0.3, -0.25) is 9.69 Å². The van der Waals surface area contributed by atoms with Gasteiger partial charge < -0.3 is 4.90 Å². The molecule has 1 fully saturated rings. The molecule has 0 spiro atoms. The van der Waals surface area contributed by atoms with Crippen LogP contribution in [0.15, 0.2) is 12.1 Å². The van der Waals surface area contributed by atoms with Crippen molar-refractivity contribution < 1.29 is 4.79 Å². The third-order valence-electron chi connectivity index (χ3n) is 4.98. The lowest BCUT2D eigenvalue weighted by molar-refractivity contribution is -0.128. The molecule has 0 N–H and O–H groups in total. The van der Waals surface area contributed by atoms with Crippen LogP contribution in [0.25, 0.3) is 0 Å². The van der Waals surface area contributed by atoms with Crippen LogP contribution in [0, 0.1) is 13.8 Å². The second kappa shape index (κ2) is 7.04. The Bertz CT molecular complexity index is 548. The zero-order valence-electron chi connectivity index (χ0n) is 15.7. The molecular formula is C20H32N2O. The third-order valence-corrected chi connectivity index (χ3v) is 4.98. The van der Waals surface area contributed by atoms with E-state index in [0.717, 1.165) is 39.1 Å². The molecule has 128 valence electrons. The van der Waals surface area contributed by atoms with Crippen molar-refractivity contribution in [2.75, 3.05) is 26.2 Å². The van der Waals surface area contributed by atoms with Gasteiger partial charge in [0, 0.05) is 39.6 Å². The average Bonchev–Trinajstić information content (AvgIpc) is 2.67. The van der Waals surface area contributed by atoms with Crippen LogP contribution in [-0.2, 0) is 16.8 Å². The Morgan fingerprint density at radius 1 is 1.04 bits per heavy atom. The molecule has 0 aliphatic carbocycles. The maximum atomic E-state index is 11.6. The van der Waals surface area contributed by atoms with E-state index in [2.05, 4.69) is 51.7 Å². The van der Waals surface area contributed by atoms with Crippen LogP contribution < -0.4 is 0 Å². The number of hydrogen-bond donors (Lipinski definition) is 0. The molecule has 1 heterocycles. The number of rotatable bonds is 2. The van der Waals surface area contributed by atoms with E-state index in [-0.39, 0.29) is 11.3 Å². The molecule has 0 radical (unpaired) electrons. The normalized spacial score (nSPS) is 17.2. The highest BCUT2D eigenvalue weighted by atomic mass is 16.2. The summed E-state index contributed by atoms with van der Waals surface area (Å²) in [6, 6.07) is 4.70. The third kappa shape index (κ3) is 4.57. The van der Waals surface area contributed by atoms with E-state index in [4.69, 9.17) is 0 Å². The predicted octanol–water partition coefficient (Wildman–Crippen LogP) is 3.66. The number of carbonyl (C=O) groups excluding carboxylic acids is 1. The molecule has 1 aliphatic heterocycles. The molecule has 3 heteroatoms. The van der Waals surface area contributed by atoms with Crippen molar-refractivity contribution in [1.82, 2.24) is 9.80 Å². The van der Waals surface area contributed by atoms with Gasteiger partial charge in [0.1, 0.15) is 0 Å². The predicted molar refractivity (Wildman–Crippen MR) is 96.8 cm³/mol.